The molecule has 6 heteroatoms. The lowest BCUT2D eigenvalue weighted by atomic mass is 9.96. The van der Waals surface area contributed by atoms with Crippen molar-refractivity contribution in [3.8, 4) is 5.75 Å². The normalized spacial score (nSPS) is 17.5. The molecule has 1 unspecified atom stereocenters. The molecule has 2 rings (SSSR count). The van der Waals surface area contributed by atoms with Gasteiger partial charge in [0.25, 0.3) is 0 Å². The van der Waals surface area contributed by atoms with Crippen molar-refractivity contribution in [2.24, 2.45) is 5.92 Å². The van der Waals surface area contributed by atoms with Gasteiger partial charge in [0.2, 0.25) is 5.91 Å². The molecular weight excluding hydrogens is 278 g/mol. The first-order valence-electron chi connectivity index (χ1n) is 7.12. The Hall–Kier alpha value is -1.69. The quantitative estimate of drug-likeness (QED) is 0.878. The van der Waals surface area contributed by atoms with Crippen LogP contribution in [0.1, 0.15) is 31.4 Å². The van der Waals surface area contributed by atoms with Gasteiger partial charge in [0.05, 0.1) is 6.04 Å². The van der Waals surface area contributed by atoms with Gasteiger partial charge in [-0.1, -0.05) is 18.2 Å². The minimum atomic E-state index is -2.88. The zero-order valence-corrected chi connectivity index (χ0v) is 11.9. The highest BCUT2D eigenvalue weighted by atomic mass is 19.3. The predicted molar refractivity (Wildman–Crippen MR) is 75.2 cm³/mol. The van der Waals surface area contributed by atoms with Gasteiger partial charge in [0.1, 0.15) is 5.75 Å². The molecule has 1 amide bonds. The second-order valence-electron chi connectivity index (χ2n) is 5.17. The van der Waals surface area contributed by atoms with Crippen LogP contribution in [0.15, 0.2) is 24.3 Å². The van der Waals surface area contributed by atoms with E-state index in [0.717, 1.165) is 25.9 Å². The SMILES string of the molecule is CC(NC(=O)C1CCNCC1)c1ccccc1OC(F)F. The second-order valence-corrected chi connectivity index (χ2v) is 5.17. The zero-order chi connectivity index (χ0) is 15.2. The summed E-state index contributed by atoms with van der Waals surface area (Å²) in [5.41, 5.74) is 0.556. The topological polar surface area (TPSA) is 50.4 Å². The van der Waals surface area contributed by atoms with Gasteiger partial charge in [-0.25, -0.2) is 0 Å². The van der Waals surface area contributed by atoms with Crippen molar-refractivity contribution in [2.75, 3.05) is 13.1 Å². The molecule has 1 heterocycles. The number of alkyl halides is 2. The first-order chi connectivity index (χ1) is 10.1. The molecule has 0 saturated carbocycles. The summed E-state index contributed by atoms with van der Waals surface area (Å²) < 4.78 is 29.3. The number of carbonyl (C=O) groups is 1. The molecular formula is C15H20F2N2O2. The van der Waals surface area contributed by atoms with Gasteiger partial charge < -0.3 is 15.4 Å². The van der Waals surface area contributed by atoms with Crippen LogP contribution in [0.3, 0.4) is 0 Å². The maximum atomic E-state index is 12.4. The molecule has 1 aromatic rings. The van der Waals surface area contributed by atoms with Crippen LogP contribution < -0.4 is 15.4 Å². The third-order valence-electron chi connectivity index (χ3n) is 3.67. The smallest absolute Gasteiger partial charge is 0.387 e. The van der Waals surface area contributed by atoms with Gasteiger partial charge in [-0.05, 0) is 38.9 Å². The van der Waals surface area contributed by atoms with Crippen LogP contribution in [0.2, 0.25) is 0 Å². The van der Waals surface area contributed by atoms with Crippen LogP contribution in [0, 0.1) is 5.92 Å². The van der Waals surface area contributed by atoms with Crippen LogP contribution >= 0.6 is 0 Å². The summed E-state index contributed by atoms with van der Waals surface area (Å²) in [6, 6.07) is 6.16. The molecule has 116 valence electrons. The summed E-state index contributed by atoms with van der Waals surface area (Å²) in [6.07, 6.45) is 1.60. The number of benzene rings is 1. The van der Waals surface area contributed by atoms with E-state index in [-0.39, 0.29) is 23.6 Å². The highest BCUT2D eigenvalue weighted by Crippen LogP contribution is 2.26. The van der Waals surface area contributed by atoms with E-state index in [2.05, 4.69) is 15.4 Å². The number of amides is 1. The van der Waals surface area contributed by atoms with Crippen LogP contribution in [0.4, 0.5) is 8.78 Å². The number of ether oxygens (including phenoxy) is 1. The number of nitrogens with one attached hydrogen (secondary N) is 2. The standard InChI is InChI=1S/C15H20F2N2O2/c1-10(19-14(20)11-6-8-18-9-7-11)12-4-2-3-5-13(12)21-15(16)17/h2-5,10-11,15,18H,6-9H2,1H3,(H,19,20). The van der Waals surface area contributed by atoms with Gasteiger partial charge in [-0.2, -0.15) is 8.78 Å². The molecule has 1 aromatic carbocycles. The van der Waals surface area contributed by atoms with Crippen LogP contribution in [0.25, 0.3) is 0 Å². The molecule has 0 spiro atoms. The van der Waals surface area contributed by atoms with E-state index in [0.29, 0.717) is 5.56 Å². The maximum Gasteiger partial charge on any atom is 0.387 e. The number of piperidine rings is 1. The van der Waals surface area contributed by atoms with Crippen molar-refractivity contribution in [1.29, 1.82) is 0 Å². The third-order valence-corrected chi connectivity index (χ3v) is 3.67. The van der Waals surface area contributed by atoms with E-state index < -0.39 is 6.61 Å². The molecule has 1 aliphatic heterocycles. The van der Waals surface area contributed by atoms with Crippen molar-refractivity contribution in [2.45, 2.75) is 32.4 Å². The van der Waals surface area contributed by atoms with Crippen LogP contribution in [0.5, 0.6) is 5.75 Å². The van der Waals surface area contributed by atoms with Gasteiger partial charge in [0.15, 0.2) is 0 Å². The Morgan fingerprint density at radius 3 is 2.67 bits per heavy atom. The van der Waals surface area contributed by atoms with E-state index in [1.807, 2.05) is 0 Å². The summed E-state index contributed by atoms with van der Waals surface area (Å²) in [5, 5.41) is 6.09. The van der Waals surface area contributed by atoms with Crippen molar-refractivity contribution in [3.63, 3.8) is 0 Å². The first-order valence-corrected chi connectivity index (χ1v) is 7.12. The minimum Gasteiger partial charge on any atom is -0.434 e. The lowest BCUT2D eigenvalue weighted by molar-refractivity contribution is -0.126. The average molecular weight is 298 g/mol. The Balaban J connectivity index is 2.02. The Morgan fingerprint density at radius 2 is 2.00 bits per heavy atom. The molecule has 1 atom stereocenters. The summed E-state index contributed by atoms with van der Waals surface area (Å²) in [4.78, 5) is 12.2. The molecule has 2 N–H and O–H groups in total. The molecule has 1 saturated heterocycles. The Labute approximate surface area is 122 Å². The van der Waals surface area contributed by atoms with E-state index in [4.69, 9.17) is 0 Å². The van der Waals surface area contributed by atoms with Crippen molar-refractivity contribution in [1.82, 2.24) is 10.6 Å². The Kier molecular flexibility index (Phi) is 5.50. The lowest BCUT2D eigenvalue weighted by Crippen LogP contribution is -2.39. The average Bonchev–Trinajstić information content (AvgIpc) is 2.48. The largest absolute Gasteiger partial charge is 0.434 e. The van der Waals surface area contributed by atoms with Gasteiger partial charge >= 0.3 is 6.61 Å². The number of para-hydroxylation sites is 1. The fraction of sp³-hybridized carbons (Fsp3) is 0.533. The highest BCUT2D eigenvalue weighted by molar-refractivity contribution is 5.79. The Bertz CT molecular complexity index is 476. The summed E-state index contributed by atoms with van der Waals surface area (Å²) >= 11 is 0. The second kappa shape index (κ2) is 7.36. The molecule has 1 fully saturated rings. The maximum absolute atomic E-state index is 12.4. The third kappa shape index (κ3) is 4.39. The lowest BCUT2D eigenvalue weighted by Gasteiger charge is -2.24. The number of rotatable bonds is 5. The van der Waals surface area contributed by atoms with E-state index in [9.17, 15) is 13.6 Å². The monoisotopic (exact) mass is 298 g/mol. The summed E-state index contributed by atoms with van der Waals surface area (Å²) in [5.74, 6) is 0.0540. The number of hydrogen-bond acceptors (Lipinski definition) is 3. The van der Waals surface area contributed by atoms with Crippen LogP contribution in [-0.4, -0.2) is 25.6 Å². The molecule has 1 aliphatic rings. The minimum absolute atomic E-state index is 0.0168. The molecule has 21 heavy (non-hydrogen) atoms. The number of hydrogen-bond donors (Lipinski definition) is 2. The van der Waals surface area contributed by atoms with E-state index in [1.54, 1.807) is 25.1 Å². The molecule has 0 bridgehead atoms. The fourth-order valence-electron chi connectivity index (χ4n) is 2.53. The van der Waals surface area contributed by atoms with Crippen molar-refractivity contribution < 1.29 is 18.3 Å². The van der Waals surface area contributed by atoms with Crippen molar-refractivity contribution in [3.05, 3.63) is 29.8 Å². The van der Waals surface area contributed by atoms with E-state index >= 15 is 0 Å². The van der Waals surface area contributed by atoms with Gasteiger partial charge in [0, 0.05) is 11.5 Å². The zero-order valence-electron chi connectivity index (χ0n) is 11.9. The van der Waals surface area contributed by atoms with Crippen molar-refractivity contribution >= 4 is 5.91 Å². The predicted octanol–water partition coefficient (Wildman–Crippen LogP) is 2.46. The van der Waals surface area contributed by atoms with Gasteiger partial charge in [-0.15, -0.1) is 0 Å². The summed E-state index contributed by atoms with van der Waals surface area (Å²) in [6.45, 7) is 0.556. The molecule has 0 radical (unpaired) electrons. The summed E-state index contributed by atoms with van der Waals surface area (Å²) in [7, 11) is 0. The van der Waals surface area contributed by atoms with E-state index in [1.165, 1.54) is 6.07 Å². The molecule has 0 aliphatic carbocycles. The first kappa shape index (κ1) is 15.7. The van der Waals surface area contributed by atoms with Crippen LogP contribution in [-0.2, 0) is 4.79 Å². The number of carbonyl (C=O) groups excluding carboxylic acids is 1. The Morgan fingerprint density at radius 1 is 1.33 bits per heavy atom. The number of halogens is 2. The molecule has 0 aromatic heterocycles. The molecule has 4 nitrogen and oxygen atoms in total. The highest BCUT2D eigenvalue weighted by Gasteiger charge is 2.23. The fourth-order valence-corrected chi connectivity index (χ4v) is 2.53. The van der Waals surface area contributed by atoms with Gasteiger partial charge in [-0.3, -0.25) is 4.79 Å².